The molecule has 0 heterocycles. The van der Waals surface area contributed by atoms with Gasteiger partial charge in [0.25, 0.3) is 0 Å². The van der Waals surface area contributed by atoms with E-state index >= 15 is 0 Å². The normalized spacial score (nSPS) is 19.8. The molecule has 5 heteroatoms. The summed E-state index contributed by atoms with van der Waals surface area (Å²) in [6.07, 6.45) is 2.11. The molecule has 1 unspecified atom stereocenters. The van der Waals surface area contributed by atoms with Crippen molar-refractivity contribution in [3.63, 3.8) is 0 Å². The summed E-state index contributed by atoms with van der Waals surface area (Å²) in [5.41, 5.74) is 0. The van der Waals surface area contributed by atoms with Crippen LogP contribution in [-0.2, 0) is 9.84 Å². The van der Waals surface area contributed by atoms with E-state index in [4.69, 9.17) is 0 Å². The lowest BCUT2D eigenvalue weighted by Crippen LogP contribution is -2.34. The SMILES string of the molecule is CC(C)(C)S(=O)(=O)CCC(O)CNC1CC1. The molecule has 0 radical (unpaired) electrons. The van der Waals surface area contributed by atoms with Crippen LogP contribution in [0.2, 0.25) is 0 Å². The van der Waals surface area contributed by atoms with E-state index in [1.165, 1.54) is 12.8 Å². The summed E-state index contributed by atoms with van der Waals surface area (Å²) in [6, 6.07) is 0.550. The maximum Gasteiger partial charge on any atom is 0.155 e. The Labute approximate surface area is 98.4 Å². The Bertz CT molecular complexity index is 315. The van der Waals surface area contributed by atoms with Crippen LogP contribution >= 0.6 is 0 Å². The van der Waals surface area contributed by atoms with Crippen LogP contribution in [0.15, 0.2) is 0 Å². The Balaban J connectivity index is 2.26. The second-order valence-corrected chi connectivity index (χ2v) is 8.42. The van der Waals surface area contributed by atoms with Gasteiger partial charge in [0.1, 0.15) is 0 Å². The van der Waals surface area contributed by atoms with Crippen LogP contribution in [0.1, 0.15) is 40.0 Å². The van der Waals surface area contributed by atoms with Crippen molar-refractivity contribution in [3.8, 4) is 0 Å². The minimum Gasteiger partial charge on any atom is -0.392 e. The molecule has 0 aromatic carbocycles. The lowest BCUT2D eigenvalue weighted by Gasteiger charge is -2.20. The van der Waals surface area contributed by atoms with Crippen LogP contribution in [0, 0.1) is 0 Å². The Kier molecular flexibility index (Phi) is 4.37. The topological polar surface area (TPSA) is 66.4 Å². The molecular weight excluding hydrogens is 226 g/mol. The molecule has 0 saturated heterocycles. The molecule has 1 rings (SSSR count). The Morgan fingerprint density at radius 3 is 2.38 bits per heavy atom. The zero-order valence-corrected chi connectivity index (χ0v) is 11.2. The first-order valence-electron chi connectivity index (χ1n) is 5.86. The van der Waals surface area contributed by atoms with Crippen molar-refractivity contribution in [2.24, 2.45) is 0 Å². The minimum absolute atomic E-state index is 0.0595. The number of rotatable bonds is 6. The summed E-state index contributed by atoms with van der Waals surface area (Å²) >= 11 is 0. The fourth-order valence-corrected chi connectivity index (χ4v) is 2.48. The molecular formula is C11H23NO3S. The van der Waals surface area contributed by atoms with Gasteiger partial charge in [-0.15, -0.1) is 0 Å². The Morgan fingerprint density at radius 1 is 1.38 bits per heavy atom. The summed E-state index contributed by atoms with van der Waals surface area (Å²) < 4.78 is 22.8. The van der Waals surface area contributed by atoms with Crippen molar-refractivity contribution in [1.82, 2.24) is 5.32 Å². The van der Waals surface area contributed by atoms with Gasteiger partial charge in [-0.05, 0) is 40.0 Å². The smallest absolute Gasteiger partial charge is 0.155 e. The van der Waals surface area contributed by atoms with Crippen LogP contribution in [0.5, 0.6) is 0 Å². The molecule has 96 valence electrons. The number of hydrogen-bond acceptors (Lipinski definition) is 4. The summed E-state index contributed by atoms with van der Waals surface area (Å²) in [5, 5.41) is 12.8. The molecule has 1 atom stereocenters. The predicted octanol–water partition coefficient (Wildman–Crippen LogP) is 0.703. The largest absolute Gasteiger partial charge is 0.392 e. The first-order valence-corrected chi connectivity index (χ1v) is 7.51. The van der Waals surface area contributed by atoms with Gasteiger partial charge in [-0.3, -0.25) is 0 Å². The molecule has 0 aromatic rings. The van der Waals surface area contributed by atoms with Crippen LogP contribution in [0.4, 0.5) is 0 Å². The number of sulfone groups is 1. The molecule has 1 saturated carbocycles. The van der Waals surface area contributed by atoms with E-state index in [2.05, 4.69) is 5.32 Å². The summed E-state index contributed by atoms with van der Waals surface area (Å²) in [5.74, 6) is 0.0595. The van der Waals surface area contributed by atoms with E-state index in [1.807, 2.05) is 0 Å². The third kappa shape index (κ3) is 4.39. The number of nitrogens with one attached hydrogen (secondary N) is 1. The lowest BCUT2D eigenvalue weighted by atomic mass is 10.2. The van der Waals surface area contributed by atoms with Gasteiger partial charge in [0.2, 0.25) is 0 Å². The highest BCUT2D eigenvalue weighted by Gasteiger charge is 2.29. The monoisotopic (exact) mass is 249 g/mol. The molecule has 0 spiro atoms. The van der Waals surface area contributed by atoms with Crippen LogP contribution in [0.25, 0.3) is 0 Å². The Hall–Kier alpha value is -0.130. The third-order valence-electron chi connectivity index (χ3n) is 2.87. The molecule has 0 aromatic heterocycles. The van der Waals surface area contributed by atoms with Gasteiger partial charge in [0.05, 0.1) is 16.6 Å². The van der Waals surface area contributed by atoms with E-state index in [0.29, 0.717) is 19.0 Å². The molecule has 0 aliphatic heterocycles. The fourth-order valence-electron chi connectivity index (χ4n) is 1.29. The van der Waals surface area contributed by atoms with Crippen LogP contribution < -0.4 is 5.32 Å². The fraction of sp³-hybridized carbons (Fsp3) is 1.00. The summed E-state index contributed by atoms with van der Waals surface area (Å²) in [7, 11) is -3.10. The highest BCUT2D eigenvalue weighted by Crippen LogP contribution is 2.19. The van der Waals surface area contributed by atoms with Crippen LogP contribution in [0.3, 0.4) is 0 Å². The van der Waals surface area contributed by atoms with Crippen molar-refractivity contribution in [2.45, 2.75) is 56.9 Å². The minimum atomic E-state index is -3.10. The average Bonchev–Trinajstić information content (AvgIpc) is 2.93. The molecule has 0 bridgehead atoms. The zero-order chi connectivity index (χ0) is 12.4. The van der Waals surface area contributed by atoms with Gasteiger partial charge < -0.3 is 10.4 Å². The standard InChI is InChI=1S/C11H23NO3S/c1-11(2,3)16(14,15)7-6-10(13)8-12-9-4-5-9/h9-10,12-13H,4-8H2,1-3H3. The molecule has 0 amide bonds. The molecule has 1 fully saturated rings. The molecule has 1 aliphatic rings. The number of aliphatic hydroxyl groups excluding tert-OH is 1. The lowest BCUT2D eigenvalue weighted by molar-refractivity contribution is 0.167. The highest BCUT2D eigenvalue weighted by atomic mass is 32.2. The Morgan fingerprint density at radius 2 is 1.94 bits per heavy atom. The predicted molar refractivity (Wildman–Crippen MR) is 65.2 cm³/mol. The van der Waals surface area contributed by atoms with Crippen molar-refractivity contribution in [3.05, 3.63) is 0 Å². The van der Waals surface area contributed by atoms with Crippen molar-refractivity contribution in [1.29, 1.82) is 0 Å². The first-order chi connectivity index (χ1) is 7.22. The van der Waals surface area contributed by atoms with Gasteiger partial charge >= 0.3 is 0 Å². The van der Waals surface area contributed by atoms with Gasteiger partial charge in [-0.2, -0.15) is 0 Å². The summed E-state index contributed by atoms with van der Waals surface area (Å²) in [6.45, 7) is 5.58. The molecule has 1 aliphatic carbocycles. The quantitative estimate of drug-likeness (QED) is 0.727. The highest BCUT2D eigenvalue weighted by molar-refractivity contribution is 7.92. The third-order valence-corrected chi connectivity index (χ3v) is 5.51. The van der Waals surface area contributed by atoms with Crippen LogP contribution in [-0.4, -0.2) is 42.7 Å². The zero-order valence-electron chi connectivity index (χ0n) is 10.4. The summed E-state index contributed by atoms with van der Waals surface area (Å²) in [4.78, 5) is 0. The maximum absolute atomic E-state index is 11.8. The van der Waals surface area contributed by atoms with E-state index in [1.54, 1.807) is 20.8 Å². The van der Waals surface area contributed by atoms with Gasteiger partial charge in [-0.25, -0.2) is 8.42 Å². The number of aliphatic hydroxyl groups is 1. The van der Waals surface area contributed by atoms with E-state index in [9.17, 15) is 13.5 Å². The van der Waals surface area contributed by atoms with Gasteiger partial charge in [-0.1, -0.05) is 0 Å². The number of hydrogen-bond donors (Lipinski definition) is 2. The van der Waals surface area contributed by atoms with Crippen molar-refractivity contribution in [2.75, 3.05) is 12.3 Å². The van der Waals surface area contributed by atoms with E-state index < -0.39 is 20.7 Å². The van der Waals surface area contributed by atoms with Gasteiger partial charge in [0.15, 0.2) is 9.84 Å². The second-order valence-electron chi connectivity index (χ2n) is 5.56. The van der Waals surface area contributed by atoms with E-state index in [-0.39, 0.29) is 5.75 Å². The molecule has 16 heavy (non-hydrogen) atoms. The average molecular weight is 249 g/mol. The molecule has 4 nitrogen and oxygen atoms in total. The van der Waals surface area contributed by atoms with Crippen molar-refractivity contribution >= 4 is 9.84 Å². The van der Waals surface area contributed by atoms with Gasteiger partial charge in [0, 0.05) is 12.6 Å². The molecule has 2 N–H and O–H groups in total. The second kappa shape index (κ2) is 5.02. The van der Waals surface area contributed by atoms with E-state index in [0.717, 1.165) is 0 Å². The first kappa shape index (κ1) is 13.9. The van der Waals surface area contributed by atoms with Crippen molar-refractivity contribution < 1.29 is 13.5 Å². The maximum atomic E-state index is 11.8.